The van der Waals surface area contributed by atoms with Gasteiger partial charge in [-0.2, -0.15) is 0 Å². The van der Waals surface area contributed by atoms with Gasteiger partial charge in [0, 0.05) is 5.56 Å². The minimum absolute atomic E-state index is 0.402. The molecule has 0 bridgehead atoms. The van der Waals surface area contributed by atoms with E-state index in [2.05, 4.69) is 10.2 Å². The van der Waals surface area contributed by atoms with Gasteiger partial charge in [-0.15, -0.1) is 10.2 Å². The maximum atomic E-state index is 11.4. The van der Waals surface area contributed by atoms with Gasteiger partial charge in [-0.1, -0.05) is 23.9 Å². The lowest BCUT2D eigenvalue weighted by Crippen LogP contribution is -2.23. The molecular formula is C17H18N4O3S. The molecule has 2 N–H and O–H groups in total. The summed E-state index contributed by atoms with van der Waals surface area (Å²) in [7, 11) is 1.61. The molecule has 25 heavy (non-hydrogen) atoms. The molecule has 0 saturated carbocycles. The van der Waals surface area contributed by atoms with Crippen molar-refractivity contribution in [2.45, 2.75) is 23.9 Å². The second kappa shape index (κ2) is 7.43. The normalized spacial score (nSPS) is 12.1. The van der Waals surface area contributed by atoms with Crippen molar-refractivity contribution in [1.29, 1.82) is 0 Å². The van der Waals surface area contributed by atoms with E-state index in [4.69, 9.17) is 14.9 Å². The van der Waals surface area contributed by atoms with Crippen molar-refractivity contribution in [3.05, 3.63) is 48.4 Å². The maximum absolute atomic E-state index is 11.4. The highest BCUT2D eigenvalue weighted by Crippen LogP contribution is 2.29. The first kappa shape index (κ1) is 17.1. The van der Waals surface area contributed by atoms with Crippen LogP contribution >= 0.6 is 11.8 Å². The number of carbonyl (C=O) groups is 1. The zero-order valence-electron chi connectivity index (χ0n) is 13.9. The Morgan fingerprint density at radius 1 is 1.36 bits per heavy atom. The van der Waals surface area contributed by atoms with Crippen molar-refractivity contribution in [2.24, 2.45) is 5.73 Å². The van der Waals surface area contributed by atoms with Gasteiger partial charge in [0.25, 0.3) is 0 Å². The third-order valence-electron chi connectivity index (χ3n) is 3.62. The van der Waals surface area contributed by atoms with Gasteiger partial charge in [-0.3, -0.25) is 9.36 Å². The minimum atomic E-state index is -0.419. The van der Waals surface area contributed by atoms with E-state index in [0.717, 1.165) is 17.1 Å². The van der Waals surface area contributed by atoms with Gasteiger partial charge in [0.15, 0.2) is 11.0 Å². The molecule has 0 radical (unpaired) electrons. The summed E-state index contributed by atoms with van der Waals surface area (Å²) in [4.78, 5) is 11.4. The molecule has 0 aliphatic rings. The quantitative estimate of drug-likeness (QED) is 0.652. The molecule has 0 fully saturated rings. The van der Waals surface area contributed by atoms with Crippen molar-refractivity contribution < 1.29 is 13.9 Å². The summed E-state index contributed by atoms with van der Waals surface area (Å²) in [6, 6.07) is 11.3. The lowest BCUT2D eigenvalue weighted by molar-refractivity contribution is -0.117. The van der Waals surface area contributed by atoms with Crippen molar-refractivity contribution in [1.82, 2.24) is 14.8 Å². The van der Waals surface area contributed by atoms with Crippen LogP contribution in [-0.4, -0.2) is 33.0 Å². The Labute approximate surface area is 149 Å². The number of thioether (sulfide) groups is 1. The number of nitrogens with two attached hydrogens (primary N) is 1. The van der Waals surface area contributed by atoms with Crippen LogP contribution in [0.3, 0.4) is 0 Å². The number of aromatic nitrogens is 3. The monoisotopic (exact) mass is 358 g/mol. The van der Waals surface area contributed by atoms with Crippen LogP contribution < -0.4 is 10.5 Å². The van der Waals surface area contributed by atoms with Crippen LogP contribution in [0.2, 0.25) is 0 Å². The Morgan fingerprint density at radius 2 is 2.20 bits per heavy atom. The third kappa shape index (κ3) is 3.85. The number of amides is 1. The largest absolute Gasteiger partial charge is 0.497 e. The van der Waals surface area contributed by atoms with E-state index in [1.807, 2.05) is 41.0 Å². The van der Waals surface area contributed by atoms with Gasteiger partial charge < -0.3 is 14.9 Å². The molecule has 1 atom stereocenters. The fourth-order valence-corrected chi connectivity index (χ4v) is 3.07. The number of methoxy groups -OCH3 is 1. The molecule has 0 aliphatic carbocycles. The number of benzene rings is 1. The highest BCUT2D eigenvalue weighted by atomic mass is 32.2. The zero-order chi connectivity index (χ0) is 17.8. The zero-order valence-corrected chi connectivity index (χ0v) is 14.7. The first-order valence-electron chi connectivity index (χ1n) is 7.64. The molecule has 3 aromatic rings. The summed E-state index contributed by atoms with van der Waals surface area (Å²) < 4.78 is 12.6. The number of carbonyl (C=O) groups excluding carboxylic acids is 1. The van der Waals surface area contributed by atoms with Crippen molar-refractivity contribution in [3.63, 3.8) is 0 Å². The van der Waals surface area contributed by atoms with Crippen LogP contribution in [0.4, 0.5) is 0 Å². The predicted molar refractivity (Wildman–Crippen MR) is 94.3 cm³/mol. The number of nitrogens with zero attached hydrogens (tertiary/aromatic N) is 3. The van der Waals surface area contributed by atoms with E-state index >= 15 is 0 Å². The smallest absolute Gasteiger partial charge is 0.230 e. The molecule has 130 valence electrons. The highest BCUT2D eigenvalue weighted by Gasteiger charge is 2.20. The molecule has 2 aromatic heterocycles. The van der Waals surface area contributed by atoms with Crippen molar-refractivity contribution in [3.8, 4) is 17.1 Å². The first-order valence-corrected chi connectivity index (χ1v) is 8.52. The molecule has 0 saturated heterocycles. The fourth-order valence-electron chi connectivity index (χ4n) is 2.27. The Morgan fingerprint density at radius 3 is 2.88 bits per heavy atom. The van der Waals surface area contributed by atoms with Crippen LogP contribution in [0.25, 0.3) is 11.4 Å². The van der Waals surface area contributed by atoms with Crippen LogP contribution in [0, 0.1) is 0 Å². The minimum Gasteiger partial charge on any atom is -0.497 e. The molecule has 0 spiro atoms. The Balaban J connectivity index is 2.01. The van der Waals surface area contributed by atoms with Crippen LogP contribution in [0.5, 0.6) is 5.75 Å². The molecule has 1 amide bonds. The molecule has 2 heterocycles. The maximum Gasteiger partial charge on any atom is 0.230 e. The number of hydrogen-bond acceptors (Lipinski definition) is 6. The summed E-state index contributed by atoms with van der Waals surface area (Å²) in [5, 5.41) is 8.71. The van der Waals surface area contributed by atoms with E-state index in [1.54, 1.807) is 20.3 Å². The first-order chi connectivity index (χ1) is 12.1. The molecule has 0 aliphatic heterocycles. The summed E-state index contributed by atoms with van der Waals surface area (Å²) in [6.07, 6.45) is 1.61. The predicted octanol–water partition coefficient (Wildman–Crippen LogP) is 2.56. The third-order valence-corrected chi connectivity index (χ3v) is 4.72. The van der Waals surface area contributed by atoms with E-state index < -0.39 is 11.2 Å². The Hall–Kier alpha value is -2.74. The van der Waals surface area contributed by atoms with Crippen molar-refractivity contribution in [2.75, 3.05) is 7.11 Å². The Kier molecular flexibility index (Phi) is 5.08. The number of furan rings is 1. The van der Waals surface area contributed by atoms with Crippen molar-refractivity contribution >= 4 is 17.7 Å². The van der Waals surface area contributed by atoms with Crippen LogP contribution in [0.1, 0.15) is 12.7 Å². The number of ether oxygens (including phenoxy) is 1. The second-order valence-corrected chi connectivity index (χ2v) is 6.67. The molecular weight excluding hydrogens is 340 g/mol. The molecule has 8 heteroatoms. The SMILES string of the molecule is COc1cccc(-c2nnc(SC(C)C(N)=O)n2Cc2ccco2)c1. The van der Waals surface area contributed by atoms with Gasteiger partial charge in [0.1, 0.15) is 11.5 Å². The van der Waals surface area contributed by atoms with Crippen LogP contribution in [-0.2, 0) is 11.3 Å². The van der Waals surface area contributed by atoms with Crippen LogP contribution in [0.15, 0.2) is 52.2 Å². The summed E-state index contributed by atoms with van der Waals surface area (Å²) in [5.41, 5.74) is 6.23. The van der Waals surface area contributed by atoms with E-state index in [9.17, 15) is 4.79 Å². The van der Waals surface area contributed by atoms with E-state index in [0.29, 0.717) is 17.5 Å². The molecule has 1 aromatic carbocycles. The van der Waals surface area contributed by atoms with Gasteiger partial charge in [-0.05, 0) is 31.2 Å². The number of primary amides is 1. The summed E-state index contributed by atoms with van der Waals surface area (Å²) >= 11 is 1.27. The Bertz CT molecular complexity index is 861. The van der Waals surface area contributed by atoms with Gasteiger partial charge in [0.2, 0.25) is 5.91 Å². The van der Waals surface area contributed by atoms with Gasteiger partial charge >= 0.3 is 0 Å². The fraction of sp³-hybridized carbons (Fsp3) is 0.235. The number of rotatable bonds is 7. The highest BCUT2D eigenvalue weighted by molar-refractivity contribution is 8.00. The van der Waals surface area contributed by atoms with Gasteiger partial charge in [0.05, 0.1) is 25.2 Å². The molecule has 1 unspecified atom stereocenters. The second-order valence-electron chi connectivity index (χ2n) is 5.37. The van der Waals surface area contributed by atoms with E-state index in [-0.39, 0.29) is 0 Å². The number of hydrogen-bond donors (Lipinski definition) is 1. The summed E-state index contributed by atoms with van der Waals surface area (Å²) in [5.74, 6) is 1.75. The van der Waals surface area contributed by atoms with E-state index in [1.165, 1.54) is 11.8 Å². The molecule has 7 nitrogen and oxygen atoms in total. The lowest BCUT2D eigenvalue weighted by Gasteiger charge is -2.11. The average Bonchev–Trinajstić information content (AvgIpc) is 3.26. The lowest BCUT2D eigenvalue weighted by atomic mass is 10.2. The summed E-state index contributed by atoms with van der Waals surface area (Å²) in [6.45, 7) is 2.19. The average molecular weight is 358 g/mol. The standard InChI is InChI=1S/C17H18N4O3S/c1-11(15(18)22)25-17-20-19-16(12-5-3-6-13(9-12)23-2)21(17)10-14-7-4-8-24-14/h3-9,11H,10H2,1-2H3,(H2,18,22). The van der Waals surface area contributed by atoms with Gasteiger partial charge in [-0.25, -0.2) is 0 Å². The molecule has 3 rings (SSSR count). The topological polar surface area (TPSA) is 96.2 Å².